The van der Waals surface area contributed by atoms with Crippen LogP contribution in [0.25, 0.3) is 5.57 Å². The fourth-order valence-corrected chi connectivity index (χ4v) is 3.76. The highest BCUT2D eigenvalue weighted by Crippen LogP contribution is 2.40. The Morgan fingerprint density at radius 2 is 2.21 bits per heavy atom. The SMILES string of the molecule is CCOC(=O)C1C(=O)C=C(c2ccsc2)CC1c1cccc(F)c1. The molecule has 124 valence electrons. The zero-order chi connectivity index (χ0) is 17.1. The number of carbonyl (C=O) groups excluding carboxylic acids is 2. The minimum Gasteiger partial charge on any atom is -0.465 e. The van der Waals surface area contributed by atoms with Crippen LogP contribution in [0.4, 0.5) is 4.39 Å². The third kappa shape index (κ3) is 3.31. The number of ether oxygens (including phenoxy) is 1. The van der Waals surface area contributed by atoms with E-state index in [-0.39, 0.29) is 18.2 Å². The van der Waals surface area contributed by atoms with Crippen molar-refractivity contribution >= 4 is 28.7 Å². The number of esters is 1. The lowest BCUT2D eigenvalue weighted by molar-refractivity contribution is -0.151. The Hall–Kier alpha value is -2.27. The molecule has 0 N–H and O–H groups in total. The van der Waals surface area contributed by atoms with Gasteiger partial charge in [0.15, 0.2) is 5.78 Å². The number of thiophene rings is 1. The predicted octanol–water partition coefficient (Wildman–Crippen LogP) is 4.21. The lowest BCUT2D eigenvalue weighted by Gasteiger charge is -2.29. The van der Waals surface area contributed by atoms with E-state index in [9.17, 15) is 14.0 Å². The molecule has 1 aromatic carbocycles. The Balaban J connectivity index is 2.02. The summed E-state index contributed by atoms with van der Waals surface area (Å²) >= 11 is 1.55. The highest BCUT2D eigenvalue weighted by Gasteiger charge is 2.39. The van der Waals surface area contributed by atoms with Crippen molar-refractivity contribution in [1.29, 1.82) is 0 Å². The molecule has 24 heavy (non-hydrogen) atoms. The van der Waals surface area contributed by atoms with E-state index in [1.165, 1.54) is 18.2 Å². The highest BCUT2D eigenvalue weighted by molar-refractivity contribution is 7.08. The van der Waals surface area contributed by atoms with Crippen LogP contribution in [-0.2, 0) is 14.3 Å². The average Bonchev–Trinajstić information content (AvgIpc) is 3.08. The molecule has 0 aliphatic heterocycles. The molecule has 0 fully saturated rings. The molecule has 1 aromatic heterocycles. The van der Waals surface area contributed by atoms with Crippen LogP contribution < -0.4 is 0 Å². The van der Waals surface area contributed by atoms with E-state index in [2.05, 4.69) is 0 Å². The van der Waals surface area contributed by atoms with E-state index < -0.39 is 17.8 Å². The quantitative estimate of drug-likeness (QED) is 0.616. The second-order valence-corrected chi connectivity index (χ2v) is 6.46. The normalized spacial score (nSPS) is 20.6. The number of carbonyl (C=O) groups is 2. The van der Waals surface area contributed by atoms with Crippen LogP contribution >= 0.6 is 11.3 Å². The van der Waals surface area contributed by atoms with Crippen LogP contribution in [0.1, 0.15) is 30.4 Å². The first-order chi connectivity index (χ1) is 11.6. The summed E-state index contributed by atoms with van der Waals surface area (Å²) in [5, 5.41) is 3.90. The van der Waals surface area contributed by atoms with Crippen LogP contribution in [0, 0.1) is 11.7 Å². The molecule has 0 radical (unpaired) electrons. The van der Waals surface area contributed by atoms with Gasteiger partial charge in [-0.1, -0.05) is 12.1 Å². The van der Waals surface area contributed by atoms with Gasteiger partial charge >= 0.3 is 5.97 Å². The molecular formula is C19H17FO3S. The number of hydrogen-bond donors (Lipinski definition) is 0. The van der Waals surface area contributed by atoms with Crippen molar-refractivity contribution in [3.05, 3.63) is 64.1 Å². The summed E-state index contributed by atoms with van der Waals surface area (Å²) in [7, 11) is 0. The van der Waals surface area contributed by atoms with Gasteiger partial charge in [-0.25, -0.2) is 4.39 Å². The Morgan fingerprint density at radius 3 is 2.88 bits per heavy atom. The highest BCUT2D eigenvalue weighted by atomic mass is 32.1. The van der Waals surface area contributed by atoms with Crippen molar-refractivity contribution < 1.29 is 18.7 Å². The van der Waals surface area contributed by atoms with Gasteiger partial charge in [0.25, 0.3) is 0 Å². The molecule has 3 rings (SSSR count). The molecule has 5 heteroatoms. The summed E-state index contributed by atoms with van der Waals surface area (Å²) in [4.78, 5) is 24.9. The van der Waals surface area contributed by atoms with Gasteiger partial charge in [0.05, 0.1) is 6.61 Å². The van der Waals surface area contributed by atoms with E-state index in [1.54, 1.807) is 30.4 Å². The van der Waals surface area contributed by atoms with Gasteiger partial charge in [0.2, 0.25) is 0 Å². The van der Waals surface area contributed by atoms with E-state index in [0.717, 1.165) is 11.1 Å². The minimum atomic E-state index is -0.922. The largest absolute Gasteiger partial charge is 0.465 e. The Bertz CT molecular complexity index is 780. The molecule has 0 spiro atoms. The molecule has 0 saturated heterocycles. The number of rotatable bonds is 4. The smallest absolute Gasteiger partial charge is 0.317 e. The summed E-state index contributed by atoms with van der Waals surface area (Å²) in [5.41, 5.74) is 2.48. The summed E-state index contributed by atoms with van der Waals surface area (Å²) in [5.74, 6) is -2.55. The van der Waals surface area contributed by atoms with Crippen molar-refractivity contribution in [2.24, 2.45) is 5.92 Å². The topological polar surface area (TPSA) is 43.4 Å². The van der Waals surface area contributed by atoms with Gasteiger partial charge in [-0.15, -0.1) is 0 Å². The number of halogens is 1. The maximum Gasteiger partial charge on any atom is 0.317 e. The first kappa shape index (κ1) is 16.6. The molecule has 0 bridgehead atoms. The number of ketones is 1. The maximum absolute atomic E-state index is 13.7. The van der Waals surface area contributed by atoms with Crippen LogP contribution in [0.2, 0.25) is 0 Å². The van der Waals surface area contributed by atoms with Crippen molar-refractivity contribution in [1.82, 2.24) is 0 Å². The maximum atomic E-state index is 13.7. The van der Waals surface area contributed by atoms with Crippen molar-refractivity contribution in [2.75, 3.05) is 6.61 Å². The van der Waals surface area contributed by atoms with Crippen LogP contribution in [0.5, 0.6) is 0 Å². The zero-order valence-corrected chi connectivity index (χ0v) is 14.0. The van der Waals surface area contributed by atoms with Gasteiger partial charge in [-0.05, 0) is 65.1 Å². The van der Waals surface area contributed by atoms with E-state index in [1.807, 2.05) is 16.8 Å². The van der Waals surface area contributed by atoms with Crippen LogP contribution in [0.3, 0.4) is 0 Å². The van der Waals surface area contributed by atoms with Crippen molar-refractivity contribution in [3.8, 4) is 0 Å². The molecule has 2 aromatic rings. The van der Waals surface area contributed by atoms with E-state index >= 15 is 0 Å². The van der Waals surface area contributed by atoms with Gasteiger partial charge in [-0.2, -0.15) is 11.3 Å². The van der Waals surface area contributed by atoms with E-state index in [0.29, 0.717) is 12.0 Å². The summed E-state index contributed by atoms with van der Waals surface area (Å²) in [6.45, 7) is 1.91. The summed E-state index contributed by atoms with van der Waals surface area (Å²) in [6.07, 6.45) is 2.02. The standard InChI is InChI=1S/C19H17FO3S/c1-2-23-19(22)18-16(12-4-3-5-15(20)8-12)9-14(10-17(18)21)13-6-7-24-11-13/h3-8,10-11,16,18H,2,9H2,1H3. The fourth-order valence-electron chi connectivity index (χ4n) is 3.08. The Kier molecular flexibility index (Phi) is 4.90. The molecule has 0 amide bonds. The molecule has 2 unspecified atom stereocenters. The molecule has 1 aliphatic carbocycles. The zero-order valence-electron chi connectivity index (χ0n) is 13.2. The van der Waals surface area contributed by atoms with Crippen LogP contribution in [0.15, 0.2) is 47.2 Å². The number of benzene rings is 1. The molecule has 3 nitrogen and oxygen atoms in total. The molecule has 1 heterocycles. The van der Waals surface area contributed by atoms with Gasteiger partial charge in [-0.3, -0.25) is 9.59 Å². The lowest BCUT2D eigenvalue weighted by Crippen LogP contribution is -2.34. The van der Waals surface area contributed by atoms with Crippen LogP contribution in [-0.4, -0.2) is 18.4 Å². The van der Waals surface area contributed by atoms with Gasteiger partial charge in [0.1, 0.15) is 11.7 Å². The Morgan fingerprint density at radius 1 is 1.38 bits per heavy atom. The van der Waals surface area contributed by atoms with Gasteiger partial charge < -0.3 is 4.74 Å². The Labute approximate surface area is 143 Å². The third-order valence-corrected chi connectivity index (χ3v) is 4.86. The molecule has 1 aliphatic rings. The predicted molar refractivity (Wildman–Crippen MR) is 91.2 cm³/mol. The van der Waals surface area contributed by atoms with Crippen molar-refractivity contribution in [2.45, 2.75) is 19.3 Å². The molecule has 0 saturated carbocycles. The summed E-state index contributed by atoms with van der Waals surface area (Å²) in [6, 6.07) is 8.03. The third-order valence-electron chi connectivity index (χ3n) is 4.17. The lowest BCUT2D eigenvalue weighted by atomic mass is 9.74. The van der Waals surface area contributed by atoms with E-state index in [4.69, 9.17) is 4.74 Å². The number of hydrogen-bond acceptors (Lipinski definition) is 4. The number of allylic oxidation sites excluding steroid dienone is 2. The fraction of sp³-hybridized carbons (Fsp3) is 0.263. The average molecular weight is 344 g/mol. The second-order valence-electron chi connectivity index (χ2n) is 5.68. The van der Waals surface area contributed by atoms with Gasteiger partial charge in [0, 0.05) is 5.92 Å². The summed E-state index contributed by atoms with van der Waals surface area (Å²) < 4.78 is 18.7. The molecule has 2 atom stereocenters. The van der Waals surface area contributed by atoms with Crippen molar-refractivity contribution in [3.63, 3.8) is 0 Å². The monoisotopic (exact) mass is 344 g/mol. The first-order valence-electron chi connectivity index (χ1n) is 7.79. The minimum absolute atomic E-state index is 0.208. The second kappa shape index (κ2) is 7.09. The first-order valence-corrected chi connectivity index (χ1v) is 8.73. The molecular weight excluding hydrogens is 327 g/mol.